The highest BCUT2D eigenvalue weighted by Crippen LogP contribution is 2.16. The average molecular weight is 314 g/mol. The summed E-state index contributed by atoms with van der Waals surface area (Å²) in [6.45, 7) is 3.87. The van der Waals surface area contributed by atoms with Crippen LogP contribution in [0.15, 0.2) is 36.4 Å². The zero-order chi connectivity index (χ0) is 16.7. The average Bonchev–Trinajstić information content (AvgIpc) is 2.57. The van der Waals surface area contributed by atoms with Gasteiger partial charge in [0.05, 0.1) is 12.2 Å². The molecule has 0 saturated heterocycles. The minimum Gasteiger partial charge on any atom is -0.462 e. The molecule has 0 bridgehead atoms. The molecule has 2 aromatic rings. The molecular weight excluding hydrogens is 296 g/mol. The number of carbonyl (C=O) groups excluding carboxylic acids is 2. The summed E-state index contributed by atoms with van der Waals surface area (Å²) in [5.41, 5.74) is 1.25. The van der Waals surface area contributed by atoms with Crippen LogP contribution in [-0.2, 0) is 9.53 Å². The molecule has 7 nitrogen and oxygen atoms in total. The number of nitrogens with one attached hydrogen (secondary N) is 2. The fourth-order valence-corrected chi connectivity index (χ4v) is 1.75. The molecule has 0 atom stereocenters. The van der Waals surface area contributed by atoms with Gasteiger partial charge in [0.2, 0.25) is 5.91 Å². The van der Waals surface area contributed by atoms with Crippen LogP contribution in [0.3, 0.4) is 0 Å². The third-order valence-corrected chi connectivity index (χ3v) is 2.92. The van der Waals surface area contributed by atoms with E-state index in [9.17, 15) is 9.59 Å². The molecule has 7 heteroatoms. The smallest absolute Gasteiger partial charge is 0.338 e. The molecule has 1 amide bonds. The lowest BCUT2D eigenvalue weighted by Gasteiger charge is -2.07. The van der Waals surface area contributed by atoms with Crippen molar-refractivity contribution >= 4 is 29.2 Å². The van der Waals surface area contributed by atoms with E-state index in [0.29, 0.717) is 30.2 Å². The molecule has 0 fully saturated rings. The number of aromatic nitrogens is 2. The monoisotopic (exact) mass is 314 g/mol. The quantitative estimate of drug-likeness (QED) is 0.796. The van der Waals surface area contributed by atoms with Crippen molar-refractivity contribution < 1.29 is 14.3 Å². The van der Waals surface area contributed by atoms with Crippen LogP contribution in [0.25, 0.3) is 0 Å². The van der Waals surface area contributed by atoms with E-state index in [2.05, 4.69) is 20.8 Å². The Morgan fingerprint density at radius 2 is 1.65 bits per heavy atom. The standard InChI is InChI=1S/C16H18N4O3/c1-3-15(21)18-14-10-9-13(19-20-14)17-12-7-5-11(6-8-12)16(22)23-4-2/h5-10H,3-4H2,1-2H3,(H,17,19)(H,18,20,21). The van der Waals surface area contributed by atoms with Gasteiger partial charge >= 0.3 is 5.97 Å². The first kappa shape index (κ1) is 16.4. The zero-order valence-corrected chi connectivity index (χ0v) is 13.0. The predicted octanol–water partition coefficient (Wildman–Crippen LogP) is 2.75. The van der Waals surface area contributed by atoms with Crippen LogP contribution in [0.4, 0.5) is 17.3 Å². The van der Waals surface area contributed by atoms with Crippen LogP contribution in [-0.4, -0.2) is 28.7 Å². The summed E-state index contributed by atoms with van der Waals surface area (Å²) in [6.07, 6.45) is 0.383. The minimum absolute atomic E-state index is 0.116. The van der Waals surface area contributed by atoms with Gasteiger partial charge in [-0.15, -0.1) is 10.2 Å². The molecule has 1 heterocycles. The molecule has 2 rings (SSSR count). The van der Waals surface area contributed by atoms with Crippen molar-refractivity contribution in [2.45, 2.75) is 20.3 Å². The van der Waals surface area contributed by atoms with Crippen LogP contribution >= 0.6 is 0 Å². The SMILES string of the molecule is CCOC(=O)c1ccc(Nc2ccc(NC(=O)CC)nn2)cc1. The normalized spacial score (nSPS) is 10.0. The van der Waals surface area contributed by atoms with E-state index >= 15 is 0 Å². The molecule has 23 heavy (non-hydrogen) atoms. The second-order valence-electron chi connectivity index (χ2n) is 4.63. The van der Waals surface area contributed by atoms with E-state index in [4.69, 9.17) is 4.74 Å². The molecule has 0 aliphatic carbocycles. The Labute approximate surface area is 134 Å². The topological polar surface area (TPSA) is 93.2 Å². The molecule has 0 radical (unpaired) electrons. The molecular formula is C16H18N4O3. The van der Waals surface area contributed by atoms with Crippen LogP contribution in [0.1, 0.15) is 30.6 Å². The number of esters is 1. The summed E-state index contributed by atoms with van der Waals surface area (Å²) in [5, 5.41) is 13.6. The Morgan fingerprint density at radius 3 is 2.22 bits per heavy atom. The number of carbonyl (C=O) groups is 2. The van der Waals surface area contributed by atoms with Crippen LogP contribution in [0, 0.1) is 0 Å². The number of hydrogen-bond donors (Lipinski definition) is 2. The number of nitrogens with zero attached hydrogens (tertiary/aromatic N) is 2. The van der Waals surface area contributed by atoms with Gasteiger partial charge < -0.3 is 15.4 Å². The summed E-state index contributed by atoms with van der Waals surface area (Å²) >= 11 is 0. The number of anilines is 3. The number of amides is 1. The maximum absolute atomic E-state index is 11.6. The minimum atomic E-state index is -0.352. The first-order chi connectivity index (χ1) is 11.1. The van der Waals surface area contributed by atoms with Crippen molar-refractivity contribution in [2.75, 3.05) is 17.2 Å². The zero-order valence-electron chi connectivity index (χ0n) is 13.0. The molecule has 1 aromatic heterocycles. The molecule has 0 saturated carbocycles. The van der Waals surface area contributed by atoms with Gasteiger partial charge in [0.1, 0.15) is 0 Å². The molecule has 0 aliphatic heterocycles. The summed E-state index contributed by atoms with van der Waals surface area (Å²) in [5.74, 6) is 0.466. The van der Waals surface area contributed by atoms with Crippen molar-refractivity contribution in [2.24, 2.45) is 0 Å². The highest BCUT2D eigenvalue weighted by atomic mass is 16.5. The van der Waals surface area contributed by atoms with Gasteiger partial charge in [0, 0.05) is 12.1 Å². The third kappa shape index (κ3) is 4.77. The van der Waals surface area contributed by atoms with Gasteiger partial charge in [-0.25, -0.2) is 4.79 Å². The highest BCUT2D eigenvalue weighted by molar-refractivity contribution is 5.90. The van der Waals surface area contributed by atoms with Crippen molar-refractivity contribution in [3.8, 4) is 0 Å². The van der Waals surface area contributed by atoms with Crippen LogP contribution in [0.2, 0.25) is 0 Å². The van der Waals surface area contributed by atoms with Gasteiger partial charge in [-0.1, -0.05) is 6.92 Å². The van der Waals surface area contributed by atoms with Gasteiger partial charge in [0.15, 0.2) is 11.6 Å². The molecule has 120 valence electrons. The molecule has 2 N–H and O–H groups in total. The van der Waals surface area contributed by atoms with Crippen molar-refractivity contribution in [3.63, 3.8) is 0 Å². The lowest BCUT2D eigenvalue weighted by Crippen LogP contribution is -2.11. The Bertz CT molecular complexity index is 669. The maximum atomic E-state index is 11.6. The van der Waals surface area contributed by atoms with E-state index < -0.39 is 0 Å². The second kappa shape index (κ2) is 7.88. The fraction of sp³-hybridized carbons (Fsp3) is 0.250. The predicted molar refractivity (Wildman–Crippen MR) is 86.6 cm³/mol. The Kier molecular flexibility index (Phi) is 5.62. The van der Waals surface area contributed by atoms with Crippen LogP contribution in [0.5, 0.6) is 0 Å². The molecule has 0 spiro atoms. The maximum Gasteiger partial charge on any atom is 0.338 e. The summed E-state index contributed by atoms with van der Waals surface area (Å²) < 4.78 is 4.92. The van der Waals surface area contributed by atoms with Gasteiger partial charge in [0.25, 0.3) is 0 Å². The number of ether oxygens (including phenoxy) is 1. The number of rotatable bonds is 6. The van der Waals surface area contributed by atoms with E-state index in [1.165, 1.54) is 0 Å². The van der Waals surface area contributed by atoms with Gasteiger partial charge in [-0.2, -0.15) is 0 Å². The first-order valence-electron chi connectivity index (χ1n) is 7.30. The summed E-state index contributed by atoms with van der Waals surface area (Å²) in [6, 6.07) is 10.2. The van der Waals surface area contributed by atoms with Gasteiger partial charge in [-0.05, 0) is 43.3 Å². The van der Waals surface area contributed by atoms with Crippen molar-refractivity contribution in [3.05, 3.63) is 42.0 Å². The van der Waals surface area contributed by atoms with Gasteiger partial charge in [-0.3, -0.25) is 4.79 Å². The number of hydrogen-bond acceptors (Lipinski definition) is 6. The third-order valence-electron chi connectivity index (χ3n) is 2.92. The first-order valence-corrected chi connectivity index (χ1v) is 7.30. The van der Waals surface area contributed by atoms with Crippen molar-refractivity contribution in [1.82, 2.24) is 10.2 Å². The number of benzene rings is 1. The van der Waals surface area contributed by atoms with E-state index in [1.54, 1.807) is 50.2 Å². The Hall–Kier alpha value is -2.96. The Morgan fingerprint density at radius 1 is 1.00 bits per heavy atom. The molecule has 1 aromatic carbocycles. The van der Waals surface area contributed by atoms with E-state index in [-0.39, 0.29) is 11.9 Å². The van der Waals surface area contributed by atoms with E-state index in [1.807, 2.05) is 0 Å². The second-order valence-corrected chi connectivity index (χ2v) is 4.63. The molecule has 0 unspecified atom stereocenters. The molecule has 0 aliphatic rings. The Balaban J connectivity index is 1.99. The van der Waals surface area contributed by atoms with E-state index in [0.717, 1.165) is 5.69 Å². The lowest BCUT2D eigenvalue weighted by atomic mass is 10.2. The fourth-order valence-electron chi connectivity index (χ4n) is 1.75. The summed E-state index contributed by atoms with van der Waals surface area (Å²) in [4.78, 5) is 22.8. The van der Waals surface area contributed by atoms with Crippen molar-refractivity contribution in [1.29, 1.82) is 0 Å². The summed E-state index contributed by atoms with van der Waals surface area (Å²) in [7, 11) is 0. The highest BCUT2D eigenvalue weighted by Gasteiger charge is 2.06. The largest absolute Gasteiger partial charge is 0.462 e. The lowest BCUT2D eigenvalue weighted by molar-refractivity contribution is -0.115. The van der Waals surface area contributed by atoms with Crippen LogP contribution < -0.4 is 10.6 Å².